The largest absolute Gasteiger partial charge is 0.493 e. The molecular formula is C21H22N2O3S. The first kappa shape index (κ1) is 19.2. The van der Waals surface area contributed by atoms with Gasteiger partial charge in [-0.3, -0.25) is 4.79 Å². The number of nitrogens with zero attached hydrogens (tertiary/aromatic N) is 2. The molecule has 1 heterocycles. The quantitative estimate of drug-likeness (QED) is 0.392. The number of benzene rings is 2. The first-order chi connectivity index (χ1) is 13.1. The molecule has 0 saturated carbocycles. The summed E-state index contributed by atoms with van der Waals surface area (Å²) >= 11 is 1.24. The van der Waals surface area contributed by atoms with Crippen molar-refractivity contribution in [2.45, 2.75) is 31.9 Å². The van der Waals surface area contributed by atoms with Crippen LogP contribution in [-0.2, 0) is 0 Å². The van der Waals surface area contributed by atoms with E-state index in [2.05, 4.69) is 24.0 Å². The Labute approximate surface area is 163 Å². The molecule has 5 nitrogen and oxygen atoms in total. The van der Waals surface area contributed by atoms with Gasteiger partial charge >= 0.3 is 0 Å². The van der Waals surface area contributed by atoms with E-state index in [1.807, 2.05) is 55.5 Å². The fourth-order valence-electron chi connectivity index (χ4n) is 2.57. The molecule has 0 atom stereocenters. The zero-order valence-corrected chi connectivity index (χ0v) is 16.5. The van der Waals surface area contributed by atoms with E-state index in [1.165, 1.54) is 17.3 Å². The summed E-state index contributed by atoms with van der Waals surface area (Å²) in [7, 11) is 0. The molecular weight excluding hydrogens is 360 g/mol. The maximum Gasteiger partial charge on any atom is 0.277 e. The zero-order valence-electron chi connectivity index (χ0n) is 15.6. The highest BCUT2D eigenvalue weighted by Crippen LogP contribution is 2.30. The summed E-state index contributed by atoms with van der Waals surface area (Å²) in [6.07, 6.45) is 0. The highest BCUT2D eigenvalue weighted by atomic mass is 32.2. The van der Waals surface area contributed by atoms with Gasteiger partial charge in [-0.05, 0) is 30.5 Å². The number of rotatable bonds is 8. The van der Waals surface area contributed by atoms with Crippen molar-refractivity contribution in [1.82, 2.24) is 10.2 Å². The smallest absolute Gasteiger partial charge is 0.277 e. The number of para-hydroxylation sites is 1. The molecule has 0 aliphatic rings. The van der Waals surface area contributed by atoms with Crippen LogP contribution >= 0.6 is 11.8 Å². The third-order valence-corrected chi connectivity index (χ3v) is 4.87. The van der Waals surface area contributed by atoms with Crippen LogP contribution in [0.1, 0.15) is 42.6 Å². The van der Waals surface area contributed by atoms with Crippen molar-refractivity contribution in [1.29, 1.82) is 0 Å². The number of ketones is 1. The van der Waals surface area contributed by atoms with Gasteiger partial charge in [-0.15, -0.1) is 10.2 Å². The lowest BCUT2D eigenvalue weighted by molar-refractivity contribution is 0.102. The van der Waals surface area contributed by atoms with Gasteiger partial charge in [-0.2, -0.15) is 0 Å². The summed E-state index contributed by atoms with van der Waals surface area (Å²) in [6.45, 7) is 6.73. The van der Waals surface area contributed by atoms with Gasteiger partial charge in [0.05, 0.1) is 17.9 Å². The molecule has 140 valence electrons. The highest BCUT2D eigenvalue weighted by molar-refractivity contribution is 7.99. The van der Waals surface area contributed by atoms with Crippen LogP contribution in [0.5, 0.6) is 5.75 Å². The summed E-state index contributed by atoms with van der Waals surface area (Å²) in [4.78, 5) is 12.4. The Bertz CT molecular complexity index is 904. The first-order valence-electron chi connectivity index (χ1n) is 8.90. The van der Waals surface area contributed by atoms with Crippen molar-refractivity contribution in [2.75, 3.05) is 12.4 Å². The molecule has 0 aliphatic heterocycles. The van der Waals surface area contributed by atoms with Crippen LogP contribution in [0.3, 0.4) is 0 Å². The lowest BCUT2D eigenvalue weighted by Gasteiger charge is -2.06. The lowest BCUT2D eigenvalue weighted by Crippen LogP contribution is -2.02. The number of carbonyl (C=O) groups excluding carboxylic acids is 1. The summed E-state index contributed by atoms with van der Waals surface area (Å²) in [5.41, 5.74) is 2.65. The third-order valence-electron chi connectivity index (χ3n) is 4.05. The highest BCUT2D eigenvalue weighted by Gasteiger charge is 2.15. The van der Waals surface area contributed by atoms with E-state index in [9.17, 15) is 4.79 Å². The third kappa shape index (κ3) is 4.77. The number of carbonyl (C=O) groups is 1. The van der Waals surface area contributed by atoms with Crippen molar-refractivity contribution < 1.29 is 13.9 Å². The second kappa shape index (κ2) is 8.86. The van der Waals surface area contributed by atoms with Crippen LogP contribution in [-0.4, -0.2) is 28.3 Å². The SMILES string of the molecule is CCOc1ccccc1-c1nnc(SCC(=O)c2ccc(C(C)C)cc2)o1. The van der Waals surface area contributed by atoms with Crippen LogP contribution in [0.4, 0.5) is 0 Å². The van der Waals surface area contributed by atoms with E-state index in [1.54, 1.807) is 0 Å². The topological polar surface area (TPSA) is 65.2 Å². The number of hydrogen-bond acceptors (Lipinski definition) is 6. The molecule has 0 amide bonds. The Morgan fingerprint density at radius 2 is 1.85 bits per heavy atom. The number of aromatic nitrogens is 2. The van der Waals surface area contributed by atoms with Crippen LogP contribution < -0.4 is 4.74 Å². The van der Waals surface area contributed by atoms with Gasteiger partial charge in [0, 0.05) is 5.56 Å². The standard InChI is InChI=1S/C21H22N2O3S/c1-4-25-19-8-6-5-7-17(19)20-22-23-21(26-20)27-13-18(24)16-11-9-15(10-12-16)14(2)3/h5-12,14H,4,13H2,1-3H3. The maximum absolute atomic E-state index is 12.4. The minimum Gasteiger partial charge on any atom is -0.493 e. The fraction of sp³-hybridized carbons (Fsp3) is 0.286. The average molecular weight is 382 g/mol. The van der Waals surface area contributed by atoms with Crippen LogP contribution in [0, 0.1) is 0 Å². The van der Waals surface area contributed by atoms with Gasteiger partial charge in [-0.25, -0.2) is 0 Å². The molecule has 0 bridgehead atoms. The Morgan fingerprint density at radius 1 is 1.11 bits per heavy atom. The molecule has 0 aliphatic carbocycles. The predicted molar refractivity (Wildman–Crippen MR) is 106 cm³/mol. The summed E-state index contributed by atoms with van der Waals surface area (Å²) in [5.74, 6) is 1.80. The van der Waals surface area contributed by atoms with Gasteiger partial charge in [0.2, 0.25) is 0 Å². The van der Waals surface area contributed by atoms with Gasteiger partial charge < -0.3 is 9.15 Å². The fourth-order valence-corrected chi connectivity index (χ4v) is 3.22. The lowest BCUT2D eigenvalue weighted by atomic mass is 10.0. The van der Waals surface area contributed by atoms with Crippen molar-refractivity contribution >= 4 is 17.5 Å². The Balaban J connectivity index is 1.65. The van der Waals surface area contributed by atoms with Crippen molar-refractivity contribution in [2.24, 2.45) is 0 Å². The van der Waals surface area contributed by atoms with Crippen LogP contribution in [0.15, 0.2) is 58.2 Å². The van der Waals surface area contributed by atoms with E-state index in [-0.39, 0.29) is 11.5 Å². The van der Waals surface area contributed by atoms with Gasteiger partial charge in [0.25, 0.3) is 11.1 Å². The van der Waals surface area contributed by atoms with Crippen molar-refractivity contribution in [3.8, 4) is 17.2 Å². The van der Waals surface area contributed by atoms with E-state index >= 15 is 0 Å². The van der Waals surface area contributed by atoms with Gasteiger partial charge in [0.1, 0.15) is 5.75 Å². The van der Waals surface area contributed by atoms with Gasteiger partial charge in [0.15, 0.2) is 5.78 Å². The molecule has 3 aromatic rings. The monoisotopic (exact) mass is 382 g/mol. The first-order valence-corrected chi connectivity index (χ1v) is 9.88. The van der Waals surface area contributed by atoms with Crippen molar-refractivity contribution in [3.05, 3.63) is 59.7 Å². The van der Waals surface area contributed by atoms with E-state index in [0.29, 0.717) is 35.0 Å². The second-order valence-corrected chi connectivity index (χ2v) is 7.22. The molecule has 0 fully saturated rings. The molecule has 0 N–H and O–H groups in total. The predicted octanol–water partition coefficient (Wildman–Crippen LogP) is 5.23. The van der Waals surface area contributed by atoms with E-state index < -0.39 is 0 Å². The maximum atomic E-state index is 12.4. The van der Waals surface area contributed by atoms with E-state index in [4.69, 9.17) is 9.15 Å². The van der Waals surface area contributed by atoms with Crippen molar-refractivity contribution in [3.63, 3.8) is 0 Å². The second-order valence-electron chi connectivity index (χ2n) is 6.29. The molecule has 2 aromatic carbocycles. The summed E-state index contributed by atoms with van der Waals surface area (Å²) in [5, 5.41) is 8.48. The minimum atomic E-state index is 0.0322. The average Bonchev–Trinajstić information content (AvgIpc) is 3.16. The molecule has 3 rings (SSSR count). The molecule has 6 heteroatoms. The summed E-state index contributed by atoms with van der Waals surface area (Å²) < 4.78 is 11.3. The molecule has 0 radical (unpaired) electrons. The molecule has 0 saturated heterocycles. The number of Topliss-reactive ketones (excluding diaryl/α,β-unsaturated/α-hetero) is 1. The van der Waals surface area contributed by atoms with E-state index in [0.717, 1.165) is 5.56 Å². The zero-order chi connectivity index (χ0) is 19.2. The Hall–Kier alpha value is -2.60. The van der Waals surface area contributed by atoms with Crippen LogP contribution in [0.25, 0.3) is 11.5 Å². The normalized spacial score (nSPS) is 11.0. The number of hydrogen-bond donors (Lipinski definition) is 0. The Kier molecular flexibility index (Phi) is 6.29. The van der Waals surface area contributed by atoms with Gasteiger partial charge in [-0.1, -0.05) is 62.0 Å². The Morgan fingerprint density at radius 3 is 2.56 bits per heavy atom. The molecule has 27 heavy (non-hydrogen) atoms. The molecule has 0 spiro atoms. The minimum absolute atomic E-state index is 0.0322. The summed E-state index contributed by atoms with van der Waals surface area (Å²) in [6, 6.07) is 15.2. The number of thioether (sulfide) groups is 1. The number of ether oxygens (including phenoxy) is 1. The molecule has 1 aromatic heterocycles. The van der Waals surface area contributed by atoms with Crippen LogP contribution in [0.2, 0.25) is 0 Å². The molecule has 0 unspecified atom stereocenters.